The molecule has 3 aromatic rings. The number of hydrogen-bond donors (Lipinski definition) is 1. The number of amides is 1. The van der Waals surface area contributed by atoms with Crippen LogP contribution in [0.3, 0.4) is 0 Å². The van der Waals surface area contributed by atoms with Crippen LogP contribution in [0.25, 0.3) is 11.0 Å². The number of imidazole rings is 1. The van der Waals surface area contributed by atoms with E-state index in [0.29, 0.717) is 41.8 Å². The largest absolute Gasteiger partial charge is 0.486 e. The Balaban J connectivity index is 1.37. The fourth-order valence-corrected chi connectivity index (χ4v) is 3.53. The van der Waals surface area contributed by atoms with Crippen molar-refractivity contribution in [2.24, 2.45) is 0 Å². The number of rotatable bonds is 5. The molecule has 1 N–H and O–H groups in total. The summed E-state index contributed by atoms with van der Waals surface area (Å²) in [5.74, 6) is 1.81. The van der Waals surface area contributed by atoms with Gasteiger partial charge in [0, 0.05) is 18.7 Å². The Labute approximate surface area is 162 Å². The fraction of sp³-hybridized carbons (Fsp3) is 0.300. The predicted octanol–water partition coefficient (Wildman–Crippen LogP) is 3.59. The predicted molar refractivity (Wildman–Crippen MR) is 104 cm³/mol. The van der Waals surface area contributed by atoms with Crippen LogP contribution in [0.4, 0.5) is 0 Å². The third-order valence-corrected chi connectivity index (χ3v) is 4.83. The second-order valence-electron chi connectivity index (χ2n) is 6.39. The van der Waals surface area contributed by atoms with Crippen molar-refractivity contribution in [1.82, 2.24) is 14.9 Å². The van der Waals surface area contributed by atoms with Gasteiger partial charge in [0.1, 0.15) is 19.0 Å². The van der Waals surface area contributed by atoms with Crippen molar-refractivity contribution >= 4 is 28.5 Å². The van der Waals surface area contributed by atoms with Crippen LogP contribution in [-0.2, 0) is 6.54 Å². The van der Waals surface area contributed by atoms with Crippen molar-refractivity contribution in [3.05, 3.63) is 52.8 Å². The topological polar surface area (TPSA) is 65.4 Å². The minimum absolute atomic E-state index is 0.180. The number of nitrogens with one attached hydrogen (secondary N) is 1. The maximum atomic E-state index is 12.4. The first-order valence-electron chi connectivity index (χ1n) is 8.92. The maximum absolute atomic E-state index is 12.4. The molecule has 2 heterocycles. The maximum Gasteiger partial charge on any atom is 0.251 e. The molecule has 0 spiro atoms. The summed E-state index contributed by atoms with van der Waals surface area (Å²) in [6, 6.07) is 11.3. The molecule has 1 aliphatic heterocycles. The highest BCUT2D eigenvalue weighted by molar-refractivity contribution is 6.32. The molecule has 1 aromatic heterocycles. The Bertz CT molecular complexity index is 1000. The van der Waals surface area contributed by atoms with Crippen molar-refractivity contribution in [2.45, 2.75) is 19.9 Å². The number of fused-ring (bicyclic) bond motifs is 2. The van der Waals surface area contributed by atoms with Gasteiger partial charge in [0.15, 0.2) is 11.5 Å². The minimum Gasteiger partial charge on any atom is -0.486 e. The lowest BCUT2D eigenvalue weighted by Gasteiger charge is -2.20. The van der Waals surface area contributed by atoms with E-state index in [2.05, 4.69) is 20.9 Å². The van der Waals surface area contributed by atoms with Gasteiger partial charge >= 0.3 is 0 Å². The van der Waals surface area contributed by atoms with Crippen LogP contribution in [0.2, 0.25) is 5.02 Å². The lowest BCUT2D eigenvalue weighted by atomic mass is 10.1. The van der Waals surface area contributed by atoms with E-state index in [4.69, 9.17) is 21.1 Å². The summed E-state index contributed by atoms with van der Waals surface area (Å²) in [6.45, 7) is 4.24. The Morgan fingerprint density at radius 1 is 1.26 bits per heavy atom. The van der Waals surface area contributed by atoms with E-state index in [1.807, 2.05) is 25.1 Å². The molecule has 2 aromatic carbocycles. The number of benzene rings is 2. The van der Waals surface area contributed by atoms with Crippen molar-refractivity contribution in [3.8, 4) is 11.5 Å². The van der Waals surface area contributed by atoms with Gasteiger partial charge in [-0.3, -0.25) is 4.79 Å². The molecule has 6 nitrogen and oxygen atoms in total. The fourth-order valence-electron chi connectivity index (χ4n) is 3.26. The van der Waals surface area contributed by atoms with Crippen LogP contribution in [0.15, 0.2) is 36.4 Å². The van der Waals surface area contributed by atoms with Crippen molar-refractivity contribution in [1.29, 1.82) is 0 Å². The third-order valence-electron chi connectivity index (χ3n) is 4.55. The number of ether oxygens (including phenoxy) is 2. The first-order chi connectivity index (χ1) is 13.1. The molecule has 0 unspecified atom stereocenters. The molecule has 27 heavy (non-hydrogen) atoms. The molecule has 4 rings (SSSR count). The average molecular weight is 386 g/mol. The monoisotopic (exact) mass is 385 g/mol. The van der Waals surface area contributed by atoms with Gasteiger partial charge in [-0.2, -0.15) is 0 Å². The van der Waals surface area contributed by atoms with E-state index in [0.717, 1.165) is 29.8 Å². The van der Waals surface area contributed by atoms with Crippen molar-refractivity contribution in [2.75, 3.05) is 19.8 Å². The van der Waals surface area contributed by atoms with E-state index >= 15 is 0 Å². The van der Waals surface area contributed by atoms with Gasteiger partial charge in [-0.05, 0) is 37.6 Å². The van der Waals surface area contributed by atoms with Crippen molar-refractivity contribution in [3.63, 3.8) is 0 Å². The van der Waals surface area contributed by atoms with Crippen LogP contribution >= 0.6 is 11.6 Å². The first kappa shape index (κ1) is 17.7. The smallest absolute Gasteiger partial charge is 0.251 e. The van der Waals surface area contributed by atoms with Crippen LogP contribution in [0, 0.1) is 6.92 Å². The lowest BCUT2D eigenvalue weighted by Crippen LogP contribution is -2.26. The Kier molecular flexibility index (Phi) is 4.90. The van der Waals surface area contributed by atoms with Gasteiger partial charge in [-0.15, -0.1) is 0 Å². The van der Waals surface area contributed by atoms with Gasteiger partial charge < -0.3 is 19.4 Å². The highest BCUT2D eigenvalue weighted by Gasteiger charge is 2.19. The van der Waals surface area contributed by atoms with Gasteiger partial charge in [-0.1, -0.05) is 23.7 Å². The number of para-hydroxylation sites is 2. The quantitative estimate of drug-likeness (QED) is 0.681. The highest BCUT2D eigenvalue weighted by atomic mass is 35.5. The standard InChI is InChI=1S/C20H20ClN3O3/c1-13-23-16-5-2-3-6-17(16)24(13)8-4-7-22-20(25)14-11-15(21)19-18(12-14)26-9-10-27-19/h2-3,5-6,11-12H,4,7-10H2,1H3,(H,22,25). The van der Waals surface area contributed by atoms with Gasteiger partial charge in [-0.25, -0.2) is 4.98 Å². The van der Waals surface area contributed by atoms with Gasteiger partial charge in [0.2, 0.25) is 0 Å². The molecular formula is C20H20ClN3O3. The molecule has 7 heteroatoms. The molecule has 0 radical (unpaired) electrons. The average Bonchev–Trinajstić information content (AvgIpc) is 3.00. The molecule has 0 saturated carbocycles. The molecule has 1 aliphatic rings. The van der Waals surface area contributed by atoms with E-state index < -0.39 is 0 Å². The van der Waals surface area contributed by atoms with Gasteiger partial charge in [0.05, 0.1) is 16.1 Å². The molecule has 0 saturated heterocycles. The SMILES string of the molecule is Cc1nc2ccccc2n1CCCNC(=O)c1cc(Cl)c2c(c1)OCCO2. The van der Waals surface area contributed by atoms with Crippen LogP contribution in [0.1, 0.15) is 22.6 Å². The molecular weight excluding hydrogens is 366 g/mol. The molecule has 0 bridgehead atoms. The summed E-state index contributed by atoms with van der Waals surface area (Å²) < 4.78 is 13.2. The van der Waals surface area contributed by atoms with Crippen molar-refractivity contribution < 1.29 is 14.3 Å². The summed E-state index contributed by atoms with van der Waals surface area (Å²) in [5.41, 5.74) is 2.57. The Morgan fingerprint density at radius 3 is 2.96 bits per heavy atom. The third kappa shape index (κ3) is 3.57. The lowest BCUT2D eigenvalue weighted by molar-refractivity contribution is 0.0951. The number of nitrogens with zero attached hydrogens (tertiary/aromatic N) is 2. The zero-order valence-electron chi connectivity index (χ0n) is 15.0. The highest BCUT2D eigenvalue weighted by Crippen LogP contribution is 2.38. The van der Waals surface area contributed by atoms with E-state index in [1.54, 1.807) is 12.1 Å². The molecule has 1 amide bonds. The zero-order valence-corrected chi connectivity index (χ0v) is 15.8. The number of halogens is 1. The molecule has 0 aliphatic carbocycles. The minimum atomic E-state index is -0.180. The van der Waals surface area contributed by atoms with Crippen LogP contribution < -0.4 is 14.8 Å². The summed E-state index contributed by atoms with van der Waals surface area (Å²) in [4.78, 5) is 17.0. The number of hydrogen-bond acceptors (Lipinski definition) is 4. The summed E-state index contributed by atoms with van der Waals surface area (Å²) in [7, 11) is 0. The summed E-state index contributed by atoms with van der Waals surface area (Å²) in [5, 5.41) is 3.32. The van der Waals surface area contributed by atoms with Crippen LogP contribution in [-0.4, -0.2) is 35.2 Å². The summed E-state index contributed by atoms with van der Waals surface area (Å²) >= 11 is 6.20. The van der Waals surface area contributed by atoms with Crippen LogP contribution in [0.5, 0.6) is 11.5 Å². The Hall–Kier alpha value is -2.73. The number of aryl methyl sites for hydroxylation is 2. The van der Waals surface area contributed by atoms with E-state index in [1.165, 1.54) is 0 Å². The second kappa shape index (κ2) is 7.48. The first-order valence-corrected chi connectivity index (χ1v) is 9.30. The van der Waals surface area contributed by atoms with E-state index in [-0.39, 0.29) is 5.91 Å². The van der Waals surface area contributed by atoms with Gasteiger partial charge in [0.25, 0.3) is 5.91 Å². The molecule has 0 atom stereocenters. The normalized spacial score (nSPS) is 13.0. The summed E-state index contributed by atoms with van der Waals surface area (Å²) in [6.07, 6.45) is 0.797. The number of aromatic nitrogens is 2. The number of carbonyl (C=O) groups excluding carboxylic acids is 1. The van der Waals surface area contributed by atoms with E-state index in [9.17, 15) is 4.79 Å². The second-order valence-corrected chi connectivity index (χ2v) is 6.80. The molecule has 0 fully saturated rings. The molecule has 140 valence electrons. The Morgan fingerprint density at radius 2 is 2.07 bits per heavy atom. The number of carbonyl (C=O) groups is 1. The zero-order chi connectivity index (χ0) is 18.8.